The second kappa shape index (κ2) is 10.2. The molecule has 0 fully saturated rings. The normalized spacial score (nSPS) is 15.3. The number of nitrogens with zero attached hydrogens (tertiary/aromatic N) is 4. The summed E-state index contributed by atoms with van der Waals surface area (Å²) in [7, 11) is 0. The van der Waals surface area contributed by atoms with Crippen LogP contribution >= 0.6 is 11.3 Å². The van der Waals surface area contributed by atoms with Crippen molar-refractivity contribution in [3.8, 4) is 0 Å². The Bertz CT molecular complexity index is 1100. The molecule has 6 nitrogen and oxygen atoms in total. The summed E-state index contributed by atoms with van der Waals surface area (Å²) < 4.78 is 2.24. The third-order valence-electron chi connectivity index (χ3n) is 6.13. The molecule has 3 heterocycles. The molecular weight excluding hydrogens is 430 g/mol. The lowest BCUT2D eigenvalue weighted by molar-refractivity contribution is 0.0928. The van der Waals surface area contributed by atoms with Gasteiger partial charge in [0.15, 0.2) is 5.82 Å². The van der Waals surface area contributed by atoms with Crippen LogP contribution in [0.5, 0.6) is 0 Å². The minimum absolute atomic E-state index is 0.0480. The van der Waals surface area contributed by atoms with Crippen molar-refractivity contribution < 1.29 is 4.79 Å². The molecule has 33 heavy (non-hydrogen) atoms. The lowest BCUT2D eigenvalue weighted by atomic mass is 10.0. The molecule has 1 amide bonds. The van der Waals surface area contributed by atoms with Crippen molar-refractivity contribution in [2.45, 2.75) is 66.6 Å². The van der Waals surface area contributed by atoms with Gasteiger partial charge >= 0.3 is 0 Å². The molecule has 7 heteroatoms. The minimum Gasteiger partial charge on any atom is -0.342 e. The van der Waals surface area contributed by atoms with Gasteiger partial charge < -0.3 is 9.88 Å². The van der Waals surface area contributed by atoms with E-state index in [1.165, 1.54) is 9.75 Å². The van der Waals surface area contributed by atoms with E-state index in [-0.39, 0.29) is 11.9 Å². The molecule has 0 spiro atoms. The number of aromatic nitrogens is 3. The highest BCUT2D eigenvalue weighted by Gasteiger charge is 2.26. The Labute approximate surface area is 201 Å². The third kappa shape index (κ3) is 5.89. The molecule has 1 aromatic carbocycles. The number of fused-ring (bicyclic) bond motifs is 1. The molecule has 1 N–H and O–H groups in total. The van der Waals surface area contributed by atoms with Crippen molar-refractivity contribution in [1.82, 2.24) is 25.0 Å². The maximum Gasteiger partial charge on any atom is 0.251 e. The van der Waals surface area contributed by atoms with Crippen molar-refractivity contribution in [3.63, 3.8) is 0 Å². The monoisotopic (exact) mass is 465 g/mol. The van der Waals surface area contributed by atoms with E-state index in [4.69, 9.17) is 0 Å². The van der Waals surface area contributed by atoms with Crippen molar-refractivity contribution >= 4 is 17.2 Å². The van der Waals surface area contributed by atoms with E-state index in [0.29, 0.717) is 11.5 Å². The number of nitrogens with one attached hydrogen (secondary N) is 1. The topological polar surface area (TPSA) is 63.1 Å². The Balaban J connectivity index is 1.51. The highest BCUT2D eigenvalue weighted by Crippen LogP contribution is 2.24. The van der Waals surface area contributed by atoms with Gasteiger partial charge in [-0.15, -0.1) is 21.5 Å². The molecule has 3 aromatic rings. The second-order valence-corrected chi connectivity index (χ2v) is 11.1. The zero-order valence-electron chi connectivity index (χ0n) is 20.4. The number of amides is 1. The highest BCUT2D eigenvalue weighted by molar-refractivity contribution is 7.11. The van der Waals surface area contributed by atoms with Crippen LogP contribution in [0, 0.1) is 26.7 Å². The molecule has 1 atom stereocenters. The van der Waals surface area contributed by atoms with Crippen molar-refractivity contribution in [3.05, 3.63) is 68.4 Å². The van der Waals surface area contributed by atoms with Crippen LogP contribution in [-0.2, 0) is 19.5 Å². The molecule has 1 aliphatic rings. The number of carbonyl (C=O) groups excluding carboxylic acids is 1. The maximum absolute atomic E-state index is 13.2. The van der Waals surface area contributed by atoms with Crippen molar-refractivity contribution in [2.75, 3.05) is 13.1 Å². The first kappa shape index (κ1) is 23.6. The molecule has 176 valence electrons. The van der Waals surface area contributed by atoms with Crippen LogP contribution in [0.1, 0.15) is 69.2 Å². The summed E-state index contributed by atoms with van der Waals surface area (Å²) in [6.07, 6.45) is 1.70. The van der Waals surface area contributed by atoms with Crippen LogP contribution in [0.3, 0.4) is 0 Å². The van der Waals surface area contributed by atoms with Gasteiger partial charge in [-0.1, -0.05) is 31.0 Å². The first-order valence-corrected chi connectivity index (χ1v) is 12.7. The fraction of sp³-hybridized carbons (Fsp3) is 0.500. The largest absolute Gasteiger partial charge is 0.342 e. The zero-order chi connectivity index (χ0) is 23.5. The van der Waals surface area contributed by atoms with Crippen LogP contribution in [0.15, 0.2) is 30.3 Å². The molecule has 2 aromatic heterocycles. The molecule has 0 saturated heterocycles. The van der Waals surface area contributed by atoms with Crippen molar-refractivity contribution in [2.24, 2.45) is 5.92 Å². The molecule has 1 aliphatic heterocycles. The summed E-state index contributed by atoms with van der Waals surface area (Å²) in [5.41, 5.74) is 2.89. The molecule has 0 aliphatic carbocycles. The third-order valence-corrected chi connectivity index (χ3v) is 7.12. The summed E-state index contributed by atoms with van der Waals surface area (Å²) in [5.74, 6) is 2.27. The van der Waals surface area contributed by atoms with E-state index >= 15 is 0 Å². The zero-order valence-corrected chi connectivity index (χ0v) is 21.2. The van der Waals surface area contributed by atoms with Gasteiger partial charge in [-0.25, -0.2) is 0 Å². The lowest BCUT2D eigenvalue weighted by Gasteiger charge is -2.22. The van der Waals surface area contributed by atoms with Gasteiger partial charge in [0.05, 0.1) is 6.04 Å². The quantitative estimate of drug-likeness (QED) is 0.542. The summed E-state index contributed by atoms with van der Waals surface area (Å²) in [6.45, 7) is 14.3. The minimum atomic E-state index is -0.161. The lowest BCUT2D eigenvalue weighted by Crippen LogP contribution is -2.32. The standard InChI is InChI=1S/C26H35N5OS/c1-17(2)12-23(27-26(32)21-14-18(3)13-19(4)15-21)25-29-28-24-8-9-30(10-11-31(24)25)16-22-7-6-20(5)33-22/h6-7,13-15,17,23H,8-12,16H2,1-5H3,(H,27,32)/t23-/m0/s1. The van der Waals surface area contributed by atoms with Gasteiger partial charge in [0.25, 0.3) is 5.91 Å². The van der Waals surface area contributed by atoms with Gasteiger partial charge in [-0.2, -0.15) is 0 Å². The predicted molar refractivity (Wildman–Crippen MR) is 134 cm³/mol. The Morgan fingerprint density at radius 1 is 1.06 bits per heavy atom. The Hall–Kier alpha value is -2.51. The number of thiophene rings is 1. The van der Waals surface area contributed by atoms with Crippen LogP contribution in [-0.4, -0.2) is 38.7 Å². The second-order valence-electron chi connectivity index (χ2n) is 9.70. The Kier molecular flexibility index (Phi) is 7.29. The smallest absolute Gasteiger partial charge is 0.251 e. The molecule has 0 radical (unpaired) electrons. The fourth-order valence-electron chi connectivity index (χ4n) is 4.64. The van der Waals surface area contributed by atoms with E-state index in [9.17, 15) is 4.79 Å². The summed E-state index contributed by atoms with van der Waals surface area (Å²) in [4.78, 5) is 18.4. The SMILES string of the molecule is Cc1cc(C)cc(C(=O)N[C@@H](CC(C)C)c2nnc3n2CCN(Cc2ccc(C)s2)CC3)c1. The number of benzene rings is 1. The molecule has 0 bridgehead atoms. The molecule has 4 rings (SSSR count). The average molecular weight is 466 g/mol. The highest BCUT2D eigenvalue weighted by atomic mass is 32.1. The number of hydrogen-bond donors (Lipinski definition) is 1. The fourth-order valence-corrected chi connectivity index (χ4v) is 5.58. The van der Waals surface area contributed by atoms with Crippen LogP contribution in [0.25, 0.3) is 0 Å². The Morgan fingerprint density at radius 3 is 2.48 bits per heavy atom. The predicted octanol–water partition coefficient (Wildman–Crippen LogP) is 4.84. The van der Waals surface area contributed by atoms with Gasteiger partial charge in [-0.3, -0.25) is 9.69 Å². The number of aryl methyl sites for hydroxylation is 3. The van der Waals surface area contributed by atoms with Gasteiger partial charge in [0, 0.05) is 47.9 Å². The van der Waals surface area contributed by atoms with Gasteiger partial charge in [0.2, 0.25) is 0 Å². The molecule has 0 unspecified atom stereocenters. The number of hydrogen-bond acceptors (Lipinski definition) is 5. The summed E-state index contributed by atoms with van der Waals surface area (Å²) in [5, 5.41) is 12.4. The van der Waals surface area contributed by atoms with Gasteiger partial charge in [0.1, 0.15) is 5.82 Å². The van der Waals surface area contributed by atoms with Crippen molar-refractivity contribution in [1.29, 1.82) is 0 Å². The number of carbonyl (C=O) groups is 1. The molecular formula is C26H35N5OS. The van der Waals surface area contributed by atoms with E-state index in [1.807, 2.05) is 37.3 Å². The first-order chi connectivity index (χ1) is 15.8. The van der Waals surface area contributed by atoms with Gasteiger partial charge in [-0.05, 0) is 57.4 Å². The first-order valence-electron chi connectivity index (χ1n) is 11.9. The van der Waals surface area contributed by atoms with Crippen LogP contribution < -0.4 is 5.32 Å². The van der Waals surface area contributed by atoms with E-state index in [1.54, 1.807) is 0 Å². The van der Waals surface area contributed by atoms with E-state index < -0.39 is 0 Å². The summed E-state index contributed by atoms with van der Waals surface area (Å²) in [6, 6.07) is 10.2. The van der Waals surface area contributed by atoms with Crippen LogP contribution in [0.2, 0.25) is 0 Å². The van der Waals surface area contributed by atoms with E-state index in [2.05, 4.69) is 64.0 Å². The summed E-state index contributed by atoms with van der Waals surface area (Å²) >= 11 is 1.87. The number of rotatable bonds is 7. The molecule has 0 saturated carbocycles. The van der Waals surface area contributed by atoms with Crippen LogP contribution in [0.4, 0.5) is 0 Å². The average Bonchev–Trinajstić information content (AvgIpc) is 3.28. The Morgan fingerprint density at radius 2 is 1.82 bits per heavy atom. The van der Waals surface area contributed by atoms with E-state index in [0.717, 1.165) is 61.8 Å². The maximum atomic E-state index is 13.2.